The van der Waals surface area contributed by atoms with E-state index in [1.54, 1.807) is 0 Å². The van der Waals surface area contributed by atoms with E-state index in [0.717, 1.165) is 19.2 Å². The molecule has 3 rings (SSSR count). The maximum atomic E-state index is 13.8. The first kappa shape index (κ1) is 16.2. The van der Waals surface area contributed by atoms with E-state index in [1.807, 2.05) is 0 Å². The molecule has 0 saturated heterocycles. The van der Waals surface area contributed by atoms with Gasteiger partial charge in [-0.1, -0.05) is 0 Å². The number of nitrogens with zero attached hydrogens (tertiary/aromatic N) is 2. The highest BCUT2D eigenvalue weighted by atomic mass is 79.9. The third-order valence-electron chi connectivity index (χ3n) is 3.25. The Kier molecular flexibility index (Phi) is 4.10. The Hall–Kier alpha value is -2.68. The van der Waals surface area contributed by atoms with Gasteiger partial charge in [0.1, 0.15) is 17.1 Å². The van der Waals surface area contributed by atoms with Gasteiger partial charge in [-0.2, -0.15) is 0 Å². The van der Waals surface area contributed by atoms with E-state index in [0.29, 0.717) is 0 Å². The molecule has 24 heavy (non-hydrogen) atoms. The fourth-order valence-electron chi connectivity index (χ4n) is 2.19. The topological polar surface area (TPSA) is 81.2 Å². The standard InChI is InChI=1S/C15H8BrF2N3O3/c1-24-15-7(17)4-6(5-8(15)18)21-10-9(16)13(22)11-12(14(10)23)20-3-2-19-11/h2-5,21H,1H3. The summed E-state index contributed by atoms with van der Waals surface area (Å²) in [4.78, 5) is 32.4. The first-order valence-corrected chi connectivity index (χ1v) is 7.33. The molecule has 0 aliphatic heterocycles. The van der Waals surface area contributed by atoms with Crippen LogP contribution in [0.4, 0.5) is 14.5 Å². The van der Waals surface area contributed by atoms with Crippen molar-refractivity contribution in [1.29, 1.82) is 0 Å². The number of rotatable bonds is 3. The van der Waals surface area contributed by atoms with Gasteiger partial charge >= 0.3 is 0 Å². The summed E-state index contributed by atoms with van der Waals surface area (Å²) in [6.45, 7) is 0. The number of carbonyl (C=O) groups is 2. The van der Waals surface area contributed by atoms with Crippen molar-refractivity contribution in [3.8, 4) is 5.75 Å². The van der Waals surface area contributed by atoms with Crippen LogP contribution in [0.2, 0.25) is 0 Å². The second kappa shape index (κ2) is 6.08. The molecule has 1 heterocycles. The van der Waals surface area contributed by atoms with Crippen LogP contribution in [0, 0.1) is 11.6 Å². The molecule has 122 valence electrons. The highest BCUT2D eigenvalue weighted by molar-refractivity contribution is 9.12. The van der Waals surface area contributed by atoms with Crippen LogP contribution >= 0.6 is 15.9 Å². The van der Waals surface area contributed by atoms with Crippen LogP contribution in [0.15, 0.2) is 34.7 Å². The molecule has 1 N–H and O–H groups in total. The van der Waals surface area contributed by atoms with Crippen molar-refractivity contribution in [3.05, 3.63) is 57.7 Å². The molecule has 0 radical (unpaired) electrons. The number of methoxy groups -OCH3 is 1. The molecule has 1 aromatic carbocycles. The van der Waals surface area contributed by atoms with E-state index in [1.165, 1.54) is 12.4 Å². The number of hydrogen-bond acceptors (Lipinski definition) is 6. The second-order valence-electron chi connectivity index (χ2n) is 4.70. The lowest BCUT2D eigenvalue weighted by Crippen LogP contribution is -2.26. The van der Waals surface area contributed by atoms with Gasteiger partial charge in [0.15, 0.2) is 17.4 Å². The Morgan fingerprint density at radius 1 is 1.04 bits per heavy atom. The van der Waals surface area contributed by atoms with Crippen LogP contribution < -0.4 is 10.1 Å². The number of Topliss-reactive ketones (excluding diaryl/α,β-unsaturated/α-hetero) is 2. The van der Waals surface area contributed by atoms with Crippen molar-refractivity contribution < 1.29 is 23.1 Å². The van der Waals surface area contributed by atoms with Gasteiger partial charge in [-0.3, -0.25) is 9.59 Å². The Morgan fingerprint density at radius 2 is 1.58 bits per heavy atom. The maximum Gasteiger partial charge on any atom is 0.231 e. The average molecular weight is 396 g/mol. The third-order valence-corrected chi connectivity index (χ3v) is 4.00. The largest absolute Gasteiger partial charge is 0.491 e. The molecule has 0 atom stereocenters. The molecule has 2 aromatic rings. The van der Waals surface area contributed by atoms with Crippen molar-refractivity contribution in [3.63, 3.8) is 0 Å². The summed E-state index contributed by atoms with van der Waals surface area (Å²) in [5.41, 5.74) is -0.474. The smallest absolute Gasteiger partial charge is 0.231 e. The fraction of sp³-hybridized carbons (Fsp3) is 0.0667. The Bertz CT molecular complexity index is 892. The van der Waals surface area contributed by atoms with Crippen LogP contribution in [0.1, 0.15) is 21.0 Å². The molecule has 1 aliphatic rings. The molecule has 0 unspecified atom stereocenters. The molecule has 0 saturated carbocycles. The van der Waals surface area contributed by atoms with Crippen molar-refractivity contribution in [2.24, 2.45) is 0 Å². The van der Waals surface area contributed by atoms with Crippen LogP contribution in [-0.2, 0) is 0 Å². The molecule has 0 fully saturated rings. The lowest BCUT2D eigenvalue weighted by atomic mass is 10.0. The number of fused-ring (bicyclic) bond motifs is 1. The SMILES string of the molecule is COc1c(F)cc(NC2=C(Br)C(=O)c3nccnc3C2=O)cc1F. The van der Waals surface area contributed by atoms with Gasteiger partial charge in [0.2, 0.25) is 11.6 Å². The number of anilines is 1. The molecule has 6 nitrogen and oxygen atoms in total. The summed E-state index contributed by atoms with van der Waals surface area (Å²) in [6, 6.07) is 1.89. The fourth-order valence-corrected chi connectivity index (χ4v) is 2.66. The maximum absolute atomic E-state index is 13.8. The minimum absolute atomic E-state index is 0.0637. The van der Waals surface area contributed by atoms with E-state index in [4.69, 9.17) is 0 Å². The second-order valence-corrected chi connectivity index (χ2v) is 5.49. The van der Waals surface area contributed by atoms with Gasteiger partial charge in [0.05, 0.1) is 11.6 Å². The van der Waals surface area contributed by atoms with Crippen molar-refractivity contribution in [1.82, 2.24) is 9.97 Å². The number of benzene rings is 1. The Labute approximate surface area is 142 Å². The lowest BCUT2D eigenvalue weighted by Gasteiger charge is -2.18. The third kappa shape index (κ3) is 2.56. The van der Waals surface area contributed by atoms with Crippen molar-refractivity contribution in [2.45, 2.75) is 0 Å². The van der Waals surface area contributed by atoms with Gasteiger partial charge in [-0.05, 0) is 15.9 Å². The summed E-state index contributed by atoms with van der Waals surface area (Å²) >= 11 is 3.02. The molecular formula is C15H8BrF2N3O3. The number of allylic oxidation sites excluding steroid dienone is 2. The number of carbonyl (C=O) groups excluding carboxylic acids is 2. The summed E-state index contributed by atoms with van der Waals surface area (Å²) in [5, 5.41) is 2.54. The lowest BCUT2D eigenvalue weighted by molar-refractivity contribution is 0.0975. The quantitative estimate of drug-likeness (QED) is 0.860. The number of aromatic nitrogens is 2. The monoisotopic (exact) mass is 395 g/mol. The number of ether oxygens (including phenoxy) is 1. The van der Waals surface area contributed by atoms with Crippen LogP contribution in [-0.4, -0.2) is 28.6 Å². The Balaban J connectivity index is 2.03. The zero-order chi connectivity index (χ0) is 17.4. The van der Waals surface area contributed by atoms with Crippen molar-refractivity contribution >= 4 is 33.2 Å². The van der Waals surface area contributed by atoms with Crippen LogP contribution in [0.25, 0.3) is 0 Å². The number of ketones is 2. The van der Waals surface area contributed by atoms with Crippen LogP contribution in [0.3, 0.4) is 0 Å². The summed E-state index contributed by atoms with van der Waals surface area (Å²) < 4.78 is 32.0. The summed E-state index contributed by atoms with van der Waals surface area (Å²) in [7, 11) is 1.13. The van der Waals surface area contributed by atoms with E-state index < -0.39 is 29.0 Å². The molecule has 0 bridgehead atoms. The zero-order valence-corrected chi connectivity index (χ0v) is 13.6. The summed E-state index contributed by atoms with van der Waals surface area (Å²) in [6.07, 6.45) is 2.56. The van der Waals surface area contributed by atoms with Gasteiger partial charge in [0, 0.05) is 30.2 Å². The Morgan fingerprint density at radius 3 is 2.12 bits per heavy atom. The predicted molar refractivity (Wildman–Crippen MR) is 83.2 cm³/mol. The number of halogens is 3. The average Bonchev–Trinajstić information content (AvgIpc) is 2.56. The predicted octanol–water partition coefficient (Wildman–Crippen LogP) is 2.86. The minimum Gasteiger partial charge on any atom is -0.491 e. The summed E-state index contributed by atoms with van der Waals surface area (Å²) in [5.74, 6) is -3.63. The van der Waals surface area contributed by atoms with Gasteiger partial charge in [-0.15, -0.1) is 0 Å². The van der Waals surface area contributed by atoms with E-state index in [-0.39, 0.29) is 27.3 Å². The number of nitrogens with one attached hydrogen (secondary N) is 1. The van der Waals surface area contributed by atoms with Gasteiger partial charge < -0.3 is 10.1 Å². The van der Waals surface area contributed by atoms with E-state index in [2.05, 4.69) is 36.0 Å². The molecule has 1 aliphatic carbocycles. The first-order chi connectivity index (χ1) is 11.4. The van der Waals surface area contributed by atoms with E-state index in [9.17, 15) is 18.4 Å². The van der Waals surface area contributed by atoms with Crippen LogP contribution in [0.5, 0.6) is 5.75 Å². The van der Waals surface area contributed by atoms with E-state index >= 15 is 0 Å². The number of hydrogen-bond donors (Lipinski definition) is 1. The molecule has 0 amide bonds. The highest BCUT2D eigenvalue weighted by Gasteiger charge is 2.33. The molecular weight excluding hydrogens is 388 g/mol. The highest BCUT2D eigenvalue weighted by Crippen LogP contribution is 2.31. The normalized spacial score (nSPS) is 13.8. The first-order valence-electron chi connectivity index (χ1n) is 6.54. The molecule has 1 aromatic heterocycles. The zero-order valence-electron chi connectivity index (χ0n) is 12.1. The molecule has 9 heteroatoms. The van der Waals surface area contributed by atoms with Gasteiger partial charge in [0.25, 0.3) is 0 Å². The van der Waals surface area contributed by atoms with Crippen molar-refractivity contribution in [2.75, 3.05) is 12.4 Å². The van der Waals surface area contributed by atoms with Gasteiger partial charge in [-0.25, -0.2) is 18.7 Å². The minimum atomic E-state index is -0.952. The molecule has 0 spiro atoms.